The second-order valence-corrected chi connectivity index (χ2v) is 9.63. The standard InChI is InChI=1S/C21H23BrN4OS/c1-15-13-18(16(2)26(15)20-5-3-4-8-23-20)21(27)25-11-9-24(10-12-25)14-17-6-7-19(22)28-17/h3-8,13H,9-12,14H2,1-2H3. The van der Waals surface area contributed by atoms with Crippen LogP contribution in [-0.2, 0) is 6.54 Å². The summed E-state index contributed by atoms with van der Waals surface area (Å²) in [6, 6.07) is 12.1. The maximum atomic E-state index is 13.2. The van der Waals surface area contributed by atoms with Crippen molar-refractivity contribution in [3.05, 3.63) is 68.2 Å². The van der Waals surface area contributed by atoms with Crippen molar-refractivity contribution in [2.45, 2.75) is 20.4 Å². The zero-order valence-electron chi connectivity index (χ0n) is 16.1. The number of hydrogen-bond acceptors (Lipinski definition) is 4. The quantitative estimate of drug-likeness (QED) is 0.585. The van der Waals surface area contributed by atoms with Crippen molar-refractivity contribution < 1.29 is 4.79 Å². The number of aryl methyl sites for hydroxylation is 1. The Morgan fingerprint density at radius 2 is 1.93 bits per heavy atom. The number of pyridine rings is 1. The Morgan fingerprint density at radius 1 is 1.14 bits per heavy atom. The Balaban J connectivity index is 1.44. The molecule has 0 aromatic carbocycles. The van der Waals surface area contributed by atoms with Crippen LogP contribution < -0.4 is 0 Å². The van der Waals surface area contributed by atoms with E-state index in [2.05, 4.69) is 42.5 Å². The van der Waals surface area contributed by atoms with Crippen molar-refractivity contribution in [2.75, 3.05) is 26.2 Å². The predicted molar refractivity (Wildman–Crippen MR) is 116 cm³/mol. The van der Waals surface area contributed by atoms with E-state index in [0.29, 0.717) is 0 Å². The van der Waals surface area contributed by atoms with Crippen molar-refractivity contribution in [3.8, 4) is 5.82 Å². The van der Waals surface area contributed by atoms with Crippen LogP contribution in [-0.4, -0.2) is 51.4 Å². The van der Waals surface area contributed by atoms with Gasteiger partial charge in [-0.05, 0) is 60.1 Å². The summed E-state index contributed by atoms with van der Waals surface area (Å²) in [4.78, 5) is 23.3. The van der Waals surface area contributed by atoms with Crippen molar-refractivity contribution >= 4 is 33.2 Å². The van der Waals surface area contributed by atoms with Gasteiger partial charge < -0.3 is 9.47 Å². The van der Waals surface area contributed by atoms with Crippen LogP contribution in [0.25, 0.3) is 5.82 Å². The van der Waals surface area contributed by atoms with Crippen molar-refractivity contribution in [2.24, 2.45) is 0 Å². The average molecular weight is 459 g/mol. The lowest BCUT2D eigenvalue weighted by Crippen LogP contribution is -2.48. The first-order chi connectivity index (χ1) is 13.5. The summed E-state index contributed by atoms with van der Waals surface area (Å²) in [5.41, 5.74) is 2.76. The molecule has 4 rings (SSSR count). The summed E-state index contributed by atoms with van der Waals surface area (Å²) in [5, 5.41) is 0. The molecule has 0 N–H and O–H groups in total. The van der Waals surface area contributed by atoms with Crippen LogP contribution in [0.5, 0.6) is 0 Å². The maximum absolute atomic E-state index is 13.2. The smallest absolute Gasteiger partial charge is 0.255 e. The van der Waals surface area contributed by atoms with Gasteiger partial charge in [-0.1, -0.05) is 6.07 Å². The number of aromatic nitrogens is 2. The third-order valence-electron chi connectivity index (χ3n) is 5.21. The van der Waals surface area contributed by atoms with Crippen LogP contribution in [0.1, 0.15) is 26.6 Å². The molecule has 0 saturated carbocycles. The third kappa shape index (κ3) is 3.92. The molecule has 5 nitrogen and oxygen atoms in total. The van der Waals surface area contributed by atoms with Crippen molar-refractivity contribution in [3.63, 3.8) is 0 Å². The van der Waals surface area contributed by atoms with Gasteiger partial charge in [0.2, 0.25) is 0 Å². The number of rotatable bonds is 4. The highest BCUT2D eigenvalue weighted by atomic mass is 79.9. The predicted octanol–water partition coefficient (Wildman–Crippen LogP) is 4.27. The molecule has 146 valence electrons. The molecule has 1 fully saturated rings. The summed E-state index contributed by atoms with van der Waals surface area (Å²) >= 11 is 5.30. The second-order valence-electron chi connectivity index (χ2n) is 7.08. The van der Waals surface area contributed by atoms with Crippen LogP contribution in [0.3, 0.4) is 0 Å². The number of nitrogens with zero attached hydrogens (tertiary/aromatic N) is 4. The minimum Gasteiger partial charge on any atom is -0.336 e. The molecular weight excluding hydrogens is 436 g/mol. The van der Waals surface area contributed by atoms with E-state index in [-0.39, 0.29) is 5.91 Å². The summed E-state index contributed by atoms with van der Waals surface area (Å²) < 4.78 is 3.22. The maximum Gasteiger partial charge on any atom is 0.255 e. The fourth-order valence-corrected chi connectivity index (χ4v) is 5.28. The van der Waals surface area contributed by atoms with Gasteiger partial charge in [0, 0.05) is 55.2 Å². The number of amides is 1. The number of halogens is 1. The first-order valence-electron chi connectivity index (χ1n) is 9.39. The molecule has 0 spiro atoms. The molecule has 3 aromatic heterocycles. The first kappa shape index (κ1) is 19.4. The van der Waals surface area contributed by atoms with Gasteiger partial charge in [0.05, 0.1) is 9.35 Å². The SMILES string of the molecule is Cc1cc(C(=O)N2CCN(Cc3ccc(Br)s3)CC2)c(C)n1-c1ccccn1. The van der Waals surface area contributed by atoms with Crippen molar-refractivity contribution in [1.29, 1.82) is 0 Å². The van der Waals surface area contributed by atoms with E-state index in [1.54, 1.807) is 17.5 Å². The Morgan fingerprint density at radius 3 is 2.57 bits per heavy atom. The van der Waals surface area contributed by atoms with Gasteiger partial charge in [0.15, 0.2) is 0 Å². The van der Waals surface area contributed by atoms with Crippen LogP contribution in [0.4, 0.5) is 0 Å². The van der Waals surface area contributed by atoms with Crippen molar-refractivity contribution in [1.82, 2.24) is 19.4 Å². The highest BCUT2D eigenvalue weighted by Gasteiger charge is 2.25. The summed E-state index contributed by atoms with van der Waals surface area (Å²) in [6.45, 7) is 8.31. The molecule has 1 aliphatic rings. The number of carbonyl (C=O) groups is 1. The van der Waals surface area contributed by atoms with E-state index in [9.17, 15) is 4.79 Å². The molecule has 3 aromatic rings. The lowest BCUT2D eigenvalue weighted by atomic mass is 10.2. The normalized spacial score (nSPS) is 15.2. The fraction of sp³-hybridized carbons (Fsp3) is 0.333. The van der Waals surface area contributed by atoms with Crippen LogP contribution in [0.15, 0.2) is 46.4 Å². The topological polar surface area (TPSA) is 41.4 Å². The Hall–Kier alpha value is -1.96. The average Bonchev–Trinajstić information content (AvgIpc) is 3.24. The Kier molecular flexibility index (Phi) is 5.66. The molecule has 0 aliphatic carbocycles. The lowest BCUT2D eigenvalue weighted by Gasteiger charge is -2.34. The second kappa shape index (κ2) is 8.19. The molecule has 0 bridgehead atoms. The van der Waals surface area contributed by atoms with Crippen LogP contribution in [0, 0.1) is 13.8 Å². The third-order valence-corrected chi connectivity index (χ3v) is 6.82. The van der Waals surface area contributed by atoms with E-state index in [1.807, 2.05) is 43.0 Å². The zero-order valence-corrected chi connectivity index (χ0v) is 18.5. The molecule has 1 aliphatic heterocycles. The molecule has 4 heterocycles. The van der Waals surface area contributed by atoms with Gasteiger partial charge in [0.25, 0.3) is 5.91 Å². The highest BCUT2D eigenvalue weighted by molar-refractivity contribution is 9.11. The molecular formula is C21H23BrN4OS. The van der Waals surface area contributed by atoms with Gasteiger partial charge in [-0.15, -0.1) is 11.3 Å². The molecule has 28 heavy (non-hydrogen) atoms. The summed E-state index contributed by atoms with van der Waals surface area (Å²) in [6.07, 6.45) is 1.78. The van der Waals surface area contributed by atoms with Gasteiger partial charge in [0.1, 0.15) is 5.82 Å². The van der Waals surface area contributed by atoms with E-state index in [1.165, 1.54) is 8.66 Å². The number of hydrogen-bond donors (Lipinski definition) is 0. The van der Waals surface area contributed by atoms with Crippen LogP contribution in [0.2, 0.25) is 0 Å². The van der Waals surface area contributed by atoms with E-state index in [0.717, 1.165) is 55.5 Å². The Labute approximate surface area is 177 Å². The summed E-state index contributed by atoms with van der Waals surface area (Å²) in [7, 11) is 0. The van der Waals surface area contributed by atoms with Gasteiger partial charge in [-0.2, -0.15) is 0 Å². The van der Waals surface area contributed by atoms with E-state index in [4.69, 9.17) is 0 Å². The van der Waals surface area contributed by atoms with Gasteiger partial charge >= 0.3 is 0 Å². The largest absolute Gasteiger partial charge is 0.336 e. The Bertz CT molecular complexity index is 974. The van der Waals surface area contributed by atoms with Gasteiger partial charge in [-0.3, -0.25) is 9.69 Å². The number of carbonyl (C=O) groups excluding carboxylic acids is 1. The monoisotopic (exact) mass is 458 g/mol. The summed E-state index contributed by atoms with van der Waals surface area (Å²) in [5.74, 6) is 0.970. The van der Waals surface area contributed by atoms with E-state index < -0.39 is 0 Å². The zero-order chi connectivity index (χ0) is 19.7. The minimum atomic E-state index is 0.119. The lowest BCUT2D eigenvalue weighted by molar-refractivity contribution is 0.0629. The molecule has 7 heteroatoms. The highest BCUT2D eigenvalue weighted by Crippen LogP contribution is 2.24. The molecule has 0 atom stereocenters. The first-order valence-corrected chi connectivity index (χ1v) is 11.0. The molecule has 1 saturated heterocycles. The minimum absolute atomic E-state index is 0.119. The number of thiophene rings is 1. The fourth-order valence-electron chi connectivity index (χ4n) is 3.75. The molecule has 0 unspecified atom stereocenters. The number of piperazine rings is 1. The molecule has 1 amide bonds. The van der Waals surface area contributed by atoms with Gasteiger partial charge in [-0.25, -0.2) is 4.98 Å². The van der Waals surface area contributed by atoms with Crippen LogP contribution >= 0.6 is 27.3 Å². The van der Waals surface area contributed by atoms with E-state index >= 15 is 0 Å². The molecule has 0 radical (unpaired) electrons.